The van der Waals surface area contributed by atoms with Gasteiger partial charge in [-0.1, -0.05) is 30.7 Å². The summed E-state index contributed by atoms with van der Waals surface area (Å²) in [5.41, 5.74) is 0.889. The number of halogens is 1. The molecule has 2 N–H and O–H groups in total. The first-order valence-electron chi connectivity index (χ1n) is 4.67. The summed E-state index contributed by atoms with van der Waals surface area (Å²) in [4.78, 5) is 0. The van der Waals surface area contributed by atoms with Crippen LogP contribution in [0, 0.1) is 0 Å². The number of aliphatic hydroxyl groups is 1. The number of benzene rings is 1. The molecule has 0 fully saturated rings. The van der Waals surface area contributed by atoms with E-state index in [0.717, 1.165) is 12.0 Å². The Labute approximate surface area is 90.9 Å². The zero-order valence-corrected chi connectivity index (χ0v) is 9.67. The maximum atomic E-state index is 9.40. The van der Waals surface area contributed by atoms with Crippen LogP contribution in [0.5, 0.6) is 0 Å². The highest BCUT2D eigenvalue weighted by atomic mass is 35.5. The summed E-state index contributed by atoms with van der Waals surface area (Å²) in [6, 6.07) is 7.31. The summed E-state index contributed by atoms with van der Waals surface area (Å²) in [5, 5.41) is 12.8. The molecule has 0 spiro atoms. The van der Waals surface area contributed by atoms with Gasteiger partial charge in [-0.2, -0.15) is 0 Å². The molecule has 2 nitrogen and oxygen atoms in total. The van der Waals surface area contributed by atoms with Crippen molar-refractivity contribution in [2.75, 3.05) is 14.1 Å². The van der Waals surface area contributed by atoms with Gasteiger partial charge in [-0.3, -0.25) is 0 Å². The van der Waals surface area contributed by atoms with E-state index in [4.69, 9.17) is 11.6 Å². The van der Waals surface area contributed by atoms with Gasteiger partial charge in [0.2, 0.25) is 0 Å². The van der Waals surface area contributed by atoms with E-state index in [1.165, 1.54) is 0 Å². The Bertz CT molecular complexity index is 253. The molecule has 1 atom stereocenters. The number of hydrogen-bond acceptors (Lipinski definition) is 2. The molecular formula is C11H18ClNO. The summed E-state index contributed by atoms with van der Waals surface area (Å²) in [6.07, 6.45) is 0.342. The smallest absolute Gasteiger partial charge is 0.0787 e. The van der Waals surface area contributed by atoms with Crippen molar-refractivity contribution in [3.05, 3.63) is 34.9 Å². The molecule has 0 radical (unpaired) electrons. The van der Waals surface area contributed by atoms with Crippen LogP contribution in [-0.2, 0) is 0 Å². The second kappa shape index (κ2) is 7.80. The first-order valence-corrected chi connectivity index (χ1v) is 5.05. The van der Waals surface area contributed by atoms with Gasteiger partial charge in [-0.15, -0.1) is 0 Å². The van der Waals surface area contributed by atoms with Gasteiger partial charge >= 0.3 is 0 Å². The monoisotopic (exact) mass is 215 g/mol. The molecule has 0 amide bonds. The average Bonchev–Trinajstić information content (AvgIpc) is 2.18. The minimum absolute atomic E-state index is 0.381. The van der Waals surface area contributed by atoms with Crippen molar-refractivity contribution in [3.8, 4) is 0 Å². The van der Waals surface area contributed by atoms with Crippen LogP contribution >= 0.6 is 11.6 Å². The Hall–Kier alpha value is -0.570. The van der Waals surface area contributed by atoms with E-state index < -0.39 is 0 Å². The van der Waals surface area contributed by atoms with Crippen LogP contribution in [0.15, 0.2) is 24.3 Å². The maximum Gasteiger partial charge on any atom is 0.0787 e. The Morgan fingerprint density at radius 2 is 2.00 bits per heavy atom. The molecular weight excluding hydrogens is 198 g/mol. The lowest BCUT2D eigenvalue weighted by Crippen LogP contribution is -1.93. The van der Waals surface area contributed by atoms with Crippen molar-refractivity contribution in [1.29, 1.82) is 0 Å². The fourth-order valence-electron chi connectivity index (χ4n) is 0.950. The Morgan fingerprint density at radius 1 is 1.43 bits per heavy atom. The highest BCUT2D eigenvalue weighted by Gasteiger charge is 2.03. The highest BCUT2D eigenvalue weighted by molar-refractivity contribution is 6.30. The van der Waals surface area contributed by atoms with E-state index in [1.807, 2.05) is 33.2 Å². The third-order valence-electron chi connectivity index (χ3n) is 1.62. The van der Waals surface area contributed by atoms with Crippen LogP contribution in [0.2, 0.25) is 5.02 Å². The van der Waals surface area contributed by atoms with Crippen molar-refractivity contribution in [2.24, 2.45) is 0 Å². The highest BCUT2D eigenvalue weighted by Crippen LogP contribution is 2.19. The van der Waals surface area contributed by atoms with E-state index in [2.05, 4.69) is 5.32 Å². The minimum Gasteiger partial charge on any atom is -0.388 e. The number of hydrogen-bond donors (Lipinski definition) is 2. The molecule has 80 valence electrons. The van der Waals surface area contributed by atoms with Crippen molar-refractivity contribution < 1.29 is 5.11 Å². The van der Waals surface area contributed by atoms with Crippen LogP contribution in [0.3, 0.4) is 0 Å². The maximum absolute atomic E-state index is 9.40. The molecule has 0 aromatic heterocycles. The third kappa shape index (κ3) is 5.22. The summed E-state index contributed by atoms with van der Waals surface area (Å²) >= 11 is 5.73. The van der Waals surface area contributed by atoms with E-state index in [9.17, 15) is 5.11 Å². The summed E-state index contributed by atoms with van der Waals surface area (Å²) in [7, 11) is 3.75. The largest absolute Gasteiger partial charge is 0.388 e. The lowest BCUT2D eigenvalue weighted by molar-refractivity contribution is 0.173. The quantitative estimate of drug-likeness (QED) is 0.795. The van der Waals surface area contributed by atoms with Crippen LogP contribution in [0.25, 0.3) is 0 Å². The second-order valence-corrected chi connectivity index (χ2v) is 3.42. The lowest BCUT2D eigenvalue weighted by Gasteiger charge is -2.06. The molecule has 0 aliphatic rings. The third-order valence-corrected chi connectivity index (χ3v) is 1.86. The van der Waals surface area contributed by atoms with Crippen molar-refractivity contribution in [2.45, 2.75) is 19.4 Å². The minimum atomic E-state index is -0.381. The predicted molar refractivity (Wildman–Crippen MR) is 61.7 cm³/mol. The first kappa shape index (κ1) is 13.4. The normalized spacial score (nSPS) is 11.5. The first-order chi connectivity index (χ1) is 6.65. The fraction of sp³-hybridized carbons (Fsp3) is 0.455. The van der Waals surface area contributed by atoms with Gasteiger partial charge < -0.3 is 10.4 Å². The zero-order valence-electron chi connectivity index (χ0n) is 8.92. The fourth-order valence-corrected chi connectivity index (χ4v) is 1.15. The van der Waals surface area contributed by atoms with E-state index in [0.29, 0.717) is 5.02 Å². The Balaban J connectivity index is 0.000000500. The van der Waals surface area contributed by atoms with E-state index in [-0.39, 0.29) is 6.10 Å². The Morgan fingerprint density at radius 3 is 2.43 bits per heavy atom. The average molecular weight is 216 g/mol. The Kier molecular flexibility index (Phi) is 7.48. The molecule has 14 heavy (non-hydrogen) atoms. The van der Waals surface area contributed by atoms with E-state index >= 15 is 0 Å². The van der Waals surface area contributed by atoms with Crippen LogP contribution in [-0.4, -0.2) is 19.2 Å². The van der Waals surface area contributed by atoms with Crippen molar-refractivity contribution in [1.82, 2.24) is 5.32 Å². The molecule has 0 heterocycles. The van der Waals surface area contributed by atoms with Gasteiger partial charge in [0.15, 0.2) is 0 Å². The number of rotatable bonds is 2. The number of aliphatic hydroxyl groups excluding tert-OH is 1. The summed E-state index contributed by atoms with van der Waals surface area (Å²) in [5.74, 6) is 0. The van der Waals surface area contributed by atoms with Gasteiger partial charge in [0.1, 0.15) is 0 Å². The molecule has 0 aliphatic carbocycles. The molecule has 1 aromatic rings. The second-order valence-electron chi connectivity index (χ2n) is 2.98. The topological polar surface area (TPSA) is 32.3 Å². The van der Waals surface area contributed by atoms with Gasteiger partial charge in [-0.05, 0) is 38.2 Å². The molecule has 0 saturated carbocycles. The predicted octanol–water partition coefficient (Wildman–Crippen LogP) is 2.62. The molecule has 1 unspecified atom stereocenters. The molecule has 1 rings (SSSR count). The summed E-state index contributed by atoms with van der Waals surface area (Å²) < 4.78 is 0. The molecule has 0 bridgehead atoms. The SMILES string of the molecule is CCC(O)c1cccc(Cl)c1.CNC. The molecule has 1 aromatic carbocycles. The van der Waals surface area contributed by atoms with Gasteiger partial charge in [0, 0.05) is 5.02 Å². The van der Waals surface area contributed by atoms with Crippen molar-refractivity contribution in [3.63, 3.8) is 0 Å². The standard InChI is InChI=1S/C9H11ClO.C2H7N/c1-2-9(11)7-4-3-5-8(10)6-7;1-3-2/h3-6,9,11H,2H2,1H3;3H,1-2H3. The van der Waals surface area contributed by atoms with Gasteiger partial charge in [0.25, 0.3) is 0 Å². The van der Waals surface area contributed by atoms with Crippen molar-refractivity contribution >= 4 is 11.6 Å². The van der Waals surface area contributed by atoms with Crippen LogP contribution in [0.1, 0.15) is 25.0 Å². The van der Waals surface area contributed by atoms with Crippen LogP contribution in [0.4, 0.5) is 0 Å². The zero-order chi connectivity index (χ0) is 11.0. The van der Waals surface area contributed by atoms with Gasteiger partial charge in [-0.25, -0.2) is 0 Å². The molecule has 3 heteroatoms. The molecule has 0 saturated heterocycles. The van der Waals surface area contributed by atoms with E-state index in [1.54, 1.807) is 12.1 Å². The lowest BCUT2D eigenvalue weighted by atomic mass is 10.1. The van der Waals surface area contributed by atoms with Crippen LogP contribution < -0.4 is 5.32 Å². The molecule has 0 aliphatic heterocycles. The summed E-state index contributed by atoms with van der Waals surface area (Å²) in [6.45, 7) is 1.94. The van der Waals surface area contributed by atoms with Gasteiger partial charge in [0.05, 0.1) is 6.10 Å². The number of nitrogens with one attached hydrogen (secondary N) is 1.